The van der Waals surface area contributed by atoms with Gasteiger partial charge in [-0.15, -0.1) is 0 Å². The fourth-order valence-electron chi connectivity index (χ4n) is 2.06. The van der Waals surface area contributed by atoms with Crippen LogP contribution in [-0.2, 0) is 4.74 Å². The topological polar surface area (TPSA) is 125 Å². The fraction of sp³-hybridized carbons (Fsp3) is 0.455. The van der Waals surface area contributed by atoms with Gasteiger partial charge >= 0.3 is 5.69 Å². The second kappa shape index (κ2) is 4.74. The van der Waals surface area contributed by atoms with Gasteiger partial charge in [-0.1, -0.05) is 12.7 Å². The standard InChI is InChI=1S/C11H14N2O6/c1-2-11(18)8(16)6(5-14)19-9(11)13-4-3-7(15)12-10(13)17/h2-4,6,8-9,14,16,18H,1,5H2,(H,12,15,17)/t6-,8-,9-,11-/m1/s1. The number of rotatable bonds is 3. The van der Waals surface area contributed by atoms with Gasteiger partial charge in [-0.2, -0.15) is 0 Å². The van der Waals surface area contributed by atoms with Gasteiger partial charge in [0.2, 0.25) is 0 Å². The molecule has 1 fully saturated rings. The summed E-state index contributed by atoms with van der Waals surface area (Å²) in [4.78, 5) is 24.7. The SMILES string of the molecule is C=C[C@@]1(O)[C@H](O)[C@@H](CO)O[C@H]1n1ccc(=O)[nH]c1=O. The molecular formula is C11H14N2O6. The summed E-state index contributed by atoms with van der Waals surface area (Å²) in [6, 6.07) is 1.08. The van der Waals surface area contributed by atoms with Gasteiger partial charge in [0.15, 0.2) is 11.8 Å². The van der Waals surface area contributed by atoms with Crippen LogP contribution in [-0.4, -0.2) is 49.3 Å². The zero-order valence-electron chi connectivity index (χ0n) is 9.89. The molecule has 19 heavy (non-hydrogen) atoms. The summed E-state index contributed by atoms with van der Waals surface area (Å²) in [6.07, 6.45) is -1.63. The van der Waals surface area contributed by atoms with Crippen LogP contribution in [0.15, 0.2) is 34.5 Å². The molecule has 8 heteroatoms. The molecule has 2 rings (SSSR count). The van der Waals surface area contributed by atoms with Crippen LogP contribution < -0.4 is 11.2 Å². The van der Waals surface area contributed by atoms with Crippen molar-refractivity contribution in [2.75, 3.05) is 6.61 Å². The molecule has 2 heterocycles. The molecule has 1 saturated heterocycles. The second-order valence-electron chi connectivity index (χ2n) is 4.26. The minimum atomic E-state index is -1.95. The third-order valence-electron chi connectivity index (χ3n) is 3.14. The molecule has 0 unspecified atom stereocenters. The van der Waals surface area contributed by atoms with E-state index in [9.17, 15) is 19.8 Å². The quantitative estimate of drug-likeness (QED) is 0.458. The van der Waals surface area contributed by atoms with Crippen LogP contribution in [0.1, 0.15) is 6.23 Å². The van der Waals surface area contributed by atoms with Crippen LogP contribution >= 0.6 is 0 Å². The first-order chi connectivity index (χ1) is 8.93. The molecule has 1 aromatic rings. The molecule has 0 saturated carbocycles. The van der Waals surface area contributed by atoms with Gasteiger partial charge in [0, 0.05) is 12.3 Å². The maximum atomic E-state index is 11.7. The normalized spacial score (nSPS) is 34.4. The number of nitrogens with zero attached hydrogens (tertiary/aromatic N) is 1. The number of H-pyrrole nitrogens is 1. The number of hydrogen-bond acceptors (Lipinski definition) is 6. The van der Waals surface area contributed by atoms with Crippen molar-refractivity contribution in [2.24, 2.45) is 0 Å². The highest BCUT2D eigenvalue weighted by molar-refractivity contribution is 5.12. The van der Waals surface area contributed by atoms with Crippen LogP contribution in [0.2, 0.25) is 0 Å². The Morgan fingerprint density at radius 1 is 1.58 bits per heavy atom. The van der Waals surface area contributed by atoms with Crippen molar-refractivity contribution in [1.82, 2.24) is 9.55 Å². The Morgan fingerprint density at radius 2 is 2.26 bits per heavy atom. The van der Waals surface area contributed by atoms with Crippen molar-refractivity contribution in [3.05, 3.63) is 45.8 Å². The molecule has 1 aliphatic rings. The van der Waals surface area contributed by atoms with Crippen LogP contribution in [0.4, 0.5) is 0 Å². The third-order valence-corrected chi connectivity index (χ3v) is 3.14. The zero-order chi connectivity index (χ0) is 14.2. The molecule has 1 aromatic heterocycles. The maximum absolute atomic E-state index is 11.7. The van der Waals surface area contributed by atoms with Crippen molar-refractivity contribution >= 4 is 0 Å². The van der Waals surface area contributed by atoms with E-state index in [1.807, 2.05) is 4.98 Å². The lowest BCUT2D eigenvalue weighted by Crippen LogP contribution is -2.47. The van der Waals surface area contributed by atoms with Crippen LogP contribution in [0.5, 0.6) is 0 Å². The Morgan fingerprint density at radius 3 is 2.79 bits per heavy atom. The minimum absolute atomic E-state index is 0.536. The Balaban J connectivity index is 2.51. The van der Waals surface area contributed by atoms with E-state index in [-0.39, 0.29) is 0 Å². The van der Waals surface area contributed by atoms with E-state index in [2.05, 4.69) is 6.58 Å². The fourth-order valence-corrected chi connectivity index (χ4v) is 2.06. The van der Waals surface area contributed by atoms with Gasteiger partial charge in [0.1, 0.15) is 12.2 Å². The lowest BCUT2D eigenvalue weighted by atomic mass is 9.94. The average molecular weight is 270 g/mol. The van der Waals surface area contributed by atoms with E-state index in [1.165, 1.54) is 0 Å². The number of aliphatic hydroxyl groups is 3. The Bertz CT molecular complexity index is 593. The van der Waals surface area contributed by atoms with Crippen molar-refractivity contribution in [1.29, 1.82) is 0 Å². The molecule has 0 aromatic carbocycles. The molecule has 0 bridgehead atoms. The number of ether oxygens (including phenoxy) is 1. The summed E-state index contributed by atoms with van der Waals surface area (Å²) in [5, 5.41) is 29.3. The van der Waals surface area contributed by atoms with Crippen LogP contribution in [0.25, 0.3) is 0 Å². The van der Waals surface area contributed by atoms with E-state index in [0.717, 1.165) is 22.9 Å². The van der Waals surface area contributed by atoms with Crippen molar-refractivity contribution in [3.63, 3.8) is 0 Å². The predicted molar refractivity (Wildman–Crippen MR) is 63.5 cm³/mol. The smallest absolute Gasteiger partial charge is 0.330 e. The molecule has 4 atom stereocenters. The maximum Gasteiger partial charge on any atom is 0.330 e. The van der Waals surface area contributed by atoms with Crippen molar-refractivity contribution in [3.8, 4) is 0 Å². The minimum Gasteiger partial charge on any atom is -0.394 e. The Labute approximate surface area is 107 Å². The number of hydrogen-bond donors (Lipinski definition) is 4. The van der Waals surface area contributed by atoms with Gasteiger partial charge in [-0.05, 0) is 0 Å². The van der Waals surface area contributed by atoms with Crippen molar-refractivity contribution < 1.29 is 20.1 Å². The Hall–Kier alpha value is -1.74. The van der Waals surface area contributed by atoms with Gasteiger partial charge in [-0.3, -0.25) is 14.3 Å². The highest BCUT2D eigenvalue weighted by Gasteiger charge is 2.54. The van der Waals surface area contributed by atoms with Gasteiger partial charge in [0.05, 0.1) is 6.61 Å². The summed E-state index contributed by atoms with van der Waals surface area (Å²) in [6.45, 7) is 2.86. The summed E-state index contributed by atoms with van der Waals surface area (Å²) < 4.78 is 6.17. The third kappa shape index (κ3) is 2.04. The summed E-state index contributed by atoms with van der Waals surface area (Å²) in [7, 11) is 0. The van der Waals surface area contributed by atoms with Gasteiger partial charge in [0.25, 0.3) is 5.56 Å². The number of aromatic nitrogens is 2. The van der Waals surface area contributed by atoms with E-state index < -0.39 is 41.9 Å². The molecular weight excluding hydrogens is 256 g/mol. The number of aromatic amines is 1. The largest absolute Gasteiger partial charge is 0.394 e. The number of nitrogens with one attached hydrogen (secondary N) is 1. The molecule has 0 amide bonds. The highest BCUT2D eigenvalue weighted by atomic mass is 16.6. The summed E-state index contributed by atoms with van der Waals surface area (Å²) in [5.74, 6) is 0. The van der Waals surface area contributed by atoms with E-state index in [0.29, 0.717) is 0 Å². The van der Waals surface area contributed by atoms with Crippen molar-refractivity contribution in [2.45, 2.75) is 24.0 Å². The molecule has 8 nitrogen and oxygen atoms in total. The van der Waals surface area contributed by atoms with Crippen LogP contribution in [0.3, 0.4) is 0 Å². The van der Waals surface area contributed by atoms with Gasteiger partial charge in [-0.25, -0.2) is 4.79 Å². The predicted octanol–water partition coefficient (Wildman–Crippen LogP) is -2.30. The molecule has 104 valence electrons. The first-order valence-electron chi connectivity index (χ1n) is 5.56. The molecule has 0 spiro atoms. The van der Waals surface area contributed by atoms with Gasteiger partial charge < -0.3 is 20.1 Å². The average Bonchev–Trinajstić information content (AvgIpc) is 2.63. The first-order valence-corrected chi connectivity index (χ1v) is 5.56. The van der Waals surface area contributed by atoms with E-state index in [1.54, 1.807) is 0 Å². The monoisotopic (exact) mass is 270 g/mol. The Kier molecular flexibility index (Phi) is 3.42. The molecule has 1 aliphatic heterocycles. The number of aliphatic hydroxyl groups excluding tert-OH is 2. The van der Waals surface area contributed by atoms with E-state index in [4.69, 9.17) is 9.84 Å². The molecule has 0 radical (unpaired) electrons. The first kappa shape index (κ1) is 13.7. The lowest BCUT2D eigenvalue weighted by molar-refractivity contribution is -0.0813. The summed E-state index contributed by atoms with van der Waals surface area (Å²) >= 11 is 0. The van der Waals surface area contributed by atoms with E-state index >= 15 is 0 Å². The summed E-state index contributed by atoms with van der Waals surface area (Å²) in [5.41, 5.74) is -3.35. The second-order valence-corrected chi connectivity index (χ2v) is 4.26. The lowest BCUT2D eigenvalue weighted by Gasteiger charge is -2.28. The molecule has 4 N–H and O–H groups in total. The highest BCUT2D eigenvalue weighted by Crippen LogP contribution is 2.38. The molecule has 0 aliphatic carbocycles. The zero-order valence-corrected chi connectivity index (χ0v) is 9.89. The van der Waals surface area contributed by atoms with Crippen LogP contribution in [0, 0.1) is 0 Å².